The Morgan fingerprint density at radius 3 is 3.07 bits per heavy atom. The maximum absolute atomic E-state index is 11.4. The van der Waals surface area contributed by atoms with Crippen molar-refractivity contribution in [2.75, 3.05) is 6.61 Å². The molecule has 2 unspecified atom stereocenters. The average molecular weight is 226 g/mol. The minimum atomic E-state index is -0.0587. The highest BCUT2D eigenvalue weighted by molar-refractivity contribution is 7.71. The van der Waals surface area contributed by atoms with Crippen molar-refractivity contribution in [2.45, 2.75) is 19.8 Å². The van der Waals surface area contributed by atoms with Crippen LogP contribution in [0.15, 0.2) is 6.20 Å². The van der Waals surface area contributed by atoms with Gasteiger partial charge in [0, 0.05) is 17.8 Å². The number of rotatable bonds is 3. The van der Waals surface area contributed by atoms with Gasteiger partial charge in [0.25, 0.3) is 0 Å². The summed E-state index contributed by atoms with van der Waals surface area (Å²) in [6.07, 6.45) is 3.52. The molecule has 2 heterocycles. The Morgan fingerprint density at radius 1 is 1.67 bits per heavy atom. The minimum absolute atomic E-state index is 0.0434. The van der Waals surface area contributed by atoms with E-state index >= 15 is 0 Å². The number of nitrogens with one attached hydrogen (secondary N) is 2. The Hall–Kier alpha value is -1.10. The molecule has 0 spiro atoms. The molecule has 0 aliphatic carbocycles. The van der Waals surface area contributed by atoms with Gasteiger partial charge in [-0.05, 0) is 25.1 Å². The molecule has 5 heteroatoms. The molecule has 2 rings (SSSR count). The zero-order chi connectivity index (χ0) is 10.8. The van der Waals surface area contributed by atoms with E-state index in [0.717, 1.165) is 18.5 Å². The highest BCUT2D eigenvalue weighted by atomic mass is 32.1. The van der Waals surface area contributed by atoms with Gasteiger partial charge in [0.1, 0.15) is 0 Å². The van der Waals surface area contributed by atoms with Crippen molar-refractivity contribution in [3.05, 3.63) is 16.7 Å². The lowest BCUT2D eigenvalue weighted by molar-refractivity contribution is -0.141. The largest absolute Gasteiger partial charge is 0.465 e. The van der Waals surface area contributed by atoms with Gasteiger partial charge < -0.3 is 14.7 Å². The van der Waals surface area contributed by atoms with Gasteiger partial charge in [0.05, 0.1) is 12.5 Å². The van der Waals surface area contributed by atoms with Crippen molar-refractivity contribution < 1.29 is 9.53 Å². The fourth-order valence-electron chi connectivity index (χ4n) is 2.07. The maximum Gasteiger partial charge on any atom is 0.309 e. The third-order valence-corrected chi connectivity index (χ3v) is 3.10. The summed E-state index contributed by atoms with van der Waals surface area (Å²) >= 11 is 4.95. The molecule has 0 bridgehead atoms. The van der Waals surface area contributed by atoms with Crippen molar-refractivity contribution in [2.24, 2.45) is 11.8 Å². The monoisotopic (exact) mass is 226 g/mol. The van der Waals surface area contributed by atoms with Crippen LogP contribution in [0.1, 0.15) is 19.0 Å². The first-order valence-electron chi connectivity index (χ1n) is 5.14. The fourth-order valence-corrected chi connectivity index (χ4v) is 2.26. The molecule has 2 N–H and O–H groups in total. The molecular formula is C10H14N2O2S. The molecule has 82 valence electrons. The lowest BCUT2D eigenvalue weighted by atomic mass is 9.89. The van der Waals surface area contributed by atoms with Crippen LogP contribution in [0.3, 0.4) is 0 Å². The van der Waals surface area contributed by atoms with E-state index in [1.54, 1.807) is 0 Å². The Balaban J connectivity index is 2.06. The second kappa shape index (κ2) is 4.18. The smallest absolute Gasteiger partial charge is 0.309 e. The van der Waals surface area contributed by atoms with E-state index in [-0.39, 0.29) is 17.8 Å². The lowest BCUT2D eigenvalue weighted by Crippen LogP contribution is -2.17. The topological polar surface area (TPSA) is 57.9 Å². The van der Waals surface area contributed by atoms with E-state index in [0.29, 0.717) is 11.4 Å². The molecule has 1 fully saturated rings. The fraction of sp³-hybridized carbons (Fsp3) is 0.600. The van der Waals surface area contributed by atoms with E-state index in [1.165, 1.54) is 0 Å². The standard InChI is InChI=1S/C10H14N2O2S/c1-2-8-6(5-14-9(8)13)3-7-4-11-10(15)12-7/h4,6,8H,2-3,5H2,1H3,(H2,11,12,15). The van der Waals surface area contributed by atoms with Crippen molar-refractivity contribution >= 4 is 18.2 Å². The second-order valence-corrected chi connectivity index (χ2v) is 4.29. The van der Waals surface area contributed by atoms with Gasteiger partial charge in [-0.3, -0.25) is 4.79 Å². The van der Waals surface area contributed by atoms with Gasteiger partial charge in [-0.1, -0.05) is 6.92 Å². The van der Waals surface area contributed by atoms with Crippen molar-refractivity contribution in [3.63, 3.8) is 0 Å². The van der Waals surface area contributed by atoms with Crippen LogP contribution >= 0.6 is 12.2 Å². The summed E-state index contributed by atoms with van der Waals surface area (Å²) in [6.45, 7) is 2.55. The third kappa shape index (κ3) is 2.12. The molecule has 1 aromatic heterocycles. The number of hydrogen-bond acceptors (Lipinski definition) is 3. The Bertz CT molecular complexity index is 410. The van der Waals surface area contributed by atoms with Gasteiger partial charge in [0.2, 0.25) is 0 Å². The summed E-state index contributed by atoms with van der Waals surface area (Å²) in [5, 5.41) is 0. The summed E-state index contributed by atoms with van der Waals surface area (Å²) in [5.74, 6) is 0.266. The number of esters is 1. The van der Waals surface area contributed by atoms with Crippen LogP contribution in [0, 0.1) is 16.6 Å². The Labute approximate surface area is 93.0 Å². The zero-order valence-electron chi connectivity index (χ0n) is 8.58. The van der Waals surface area contributed by atoms with Crippen LogP contribution in [-0.4, -0.2) is 22.5 Å². The van der Waals surface area contributed by atoms with E-state index in [1.807, 2.05) is 13.1 Å². The van der Waals surface area contributed by atoms with Crippen molar-refractivity contribution in [1.29, 1.82) is 0 Å². The predicted molar refractivity (Wildman–Crippen MR) is 57.9 cm³/mol. The summed E-state index contributed by atoms with van der Waals surface area (Å²) in [4.78, 5) is 17.3. The Kier molecular flexibility index (Phi) is 2.90. The molecule has 15 heavy (non-hydrogen) atoms. The number of aromatic nitrogens is 2. The van der Waals surface area contributed by atoms with Crippen molar-refractivity contribution in [3.8, 4) is 0 Å². The zero-order valence-corrected chi connectivity index (χ0v) is 9.39. The molecule has 0 amide bonds. The second-order valence-electron chi connectivity index (χ2n) is 3.88. The molecule has 1 aromatic rings. The summed E-state index contributed by atoms with van der Waals surface area (Å²) < 4.78 is 5.69. The minimum Gasteiger partial charge on any atom is -0.465 e. The Morgan fingerprint density at radius 2 is 2.47 bits per heavy atom. The lowest BCUT2D eigenvalue weighted by Gasteiger charge is -2.11. The van der Waals surface area contributed by atoms with Gasteiger partial charge in [-0.25, -0.2) is 0 Å². The summed E-state index contributed by atoms with van der Waals surface area (Å²) in [5.41, 5.74) is 1.04. The number of hydrogen-bond donors (Lipinski definition) is 2. The van der Waals surface area contributed by atoms with Crippen LogP contribution in [0.2, 0.25) is 0 Å². The molecule has 0 radical (unpaired) electrons. The first-order chi connectivity index (χ1) is 7.20. The van der Waals surface area contributed by atoms with Crippen LogP contribution in [-0.2, 0) is 16.0 Å². The third-order valence-electron chi connectivity index (χ3n) is 2.88. The molecular weight excluding hydrogens is 212 g/mol. The first-order valence-corrected chi connectivity index (χ1v) is 5.54. The first kappa shape index (κ1) is 10.4. The number of carbonyl (C=O) groups is 1. The number of imidazole rings is 1. The van der Waals surface area contributed by atoms with Gasteiger partial charge in [-0.15, -0.1) is 0 Å². The van der Waals surface area contributed by atoms with E-state index in [2.05, 4.69) is 9.97 Å². The molecule has 4 nitrogen and oxygen atoms in total. The maximum atomic E-state index is 11.4. The number of H-pyrrole nitrogens is 2. The van der Waals surface area contributed by atoms with E-state index in [4.69, 9.17) is 17.0 Å². The van der Waals surface area contributed by atoms with E-state index in [9.17, 15) is 4.79 Å². The highest BCUT2D eigenvalue weighted by Crippen LogP contribution is 2.27. The number of cyclic esters (lactones) is 1. The molecule has 0 saturated carbocycles. The van der Waals surface area contributed by atoms with Crippen LogP contribution in [0.25, 0.3) is 0 Å². The molecule has 1 saturated heterocycles. The highest BCUT2D eigenvalue weighted by Gasteiger charge is 2.35. The number of aromatic amines is 2. The van der Waals surface area contributed by atoms with Crippen molar-refractivity contribution in [1.82, 2.24) is 9.97 Å². The van der Waals surface area contributed by atoms with Crippen LogP contribution in [0.4, 0.5) is 0 Å². The molecule has 2 atom stereocenters. The molecule has 1 aliphatic rings. The van der Waals surface area contributed by atoms with Gasteiger partial charge in [-0.2, -0.15) is 0 Å². The number of carbonyl (C=O) groups excluding carboxylic acids is 1. The predicted octanol–water partition coefficient (Wildman–Crippen LogP) is 1.81. The molecule has 0 aromatic carbocycles. The normalized spacial score (nSPS) is 25.5. The average Bonchev–Trinajstić information content (AvgIpc) is 2.75. The quantitative estimate of drug-likeness (QED) is 0.610. The molecule has 1 aliphatic heterocycles. The van der Waals surface area contributed by atoms with E-state index < -0.39 is 0 Å². The van der Waals surface area contributed by atoms with Crippen LogP contribution in [0.5, 0.6) is 0 Å². The summed E-state index contributed by atoms with van der Waals surface area (Å²) in [6, 6.07) is 0. The van der Waals surface area contributed by atoms with Gasteiger partial charge in [0.15, 0.2) is 4.77 Å². The SMILES string of the molecule is CCC1C(=O)OCC1Cc1c[nH]c(=S)[nH]1. The van der Waals surface area contributed by atoms with Gasteiger partial charge >= 0.3 is 5.97 Å². The number of ether oxygens (including phenoxy) is 1. The van der Waals surface area contributed by atoms with Crippen LogP contribution < -0.4 is 0 Å². The summed E-state index contributed by atoms with van der Waals surface area (Å²) in [7, 11) is 0.